The summed E-state index contributed by atoms with van der Waals surface area (Å²) in [5.74, 6) is -1.18. The average Bonchev–Trinajstić information content (AvgIpc) is 2.79. The fourth-order valence-electron chi connectivity index (χ4n) is 2.59. The Morgan fingerprint density at radius 2 is 1.82 bits per heavy atom. The number of aryl methyl sites for hydroxylation is 1. The van der Waals surface area contributed by atoms with Crippen LogP contribution in [0.2, 0.25) is 5.02 Å². The van der Waals surface area contributed by atoms with Crippen LogP contribution < -0.4 is 25.5 Å². The number of carbonyl (C=O) groups excluding carboxylic acids is 3. The Morgan fingerprint density at radius 1 is 1.03 bits per heavy atom. The second kappa shape index (κ2) is 13.1. The van der Waals surface area contributed by atoms with Crippen LogP contribution in [0, 0.1) is 6.92 Å². The molecule has 2 rings (SSSR count). The van der Waals surface area contributed by atoms with Gasteiger partial charge < -0.3 is 20.1 Å². The summed E-state index contributed by atoms with van der Waals surface area (Å²) in [4.78, 5) is 35.5. The number of hydrazone groups is 1. The summed E-state index contributed by atoms with van der Waals surface area (Å²) in [6.45, 7) is 6.11. The molecular formula is C23H27ClN4O5. The first kappa shape index (κ1) is 25.7. The SMILES string of the molecule is CCCNC(=O)C(=O)N/N=C\c1ccc(OCC(=O)Nc2cc(Cl)ccc2C)c(OCC)c1. The monoisotopic (exact) mass is 474 g/mol. The van der Waals surface area contributed by atoms with Gasteiger partial charge in [-0.1, -0.05) is 24.6 Å². The van der Waals surface area contributed by atoms with E-state index < -0.39 is 11.8 Å². The maximum absolute atomic E-state index is 12.3. The van der Waals surface area contributed by atoms with Crippen LogP contribution in [0.15, 0.2) is 41.5 Å². The predicted molar refractivity (Wildman–Crippen MR) is 127 cm³/mol. The van der Waals surface area contributed by atoms with Crippen LogP contribution >= 0.6 is 11.6 Å². The highest BCUT2D eigenvalue weighted by Crippen LogP contribution is 2.28. The summed E-state index contributed by atoms with van der Waals surface area (Å²) in [6.07, 6.45) is 2.09. The molecule has 10 heteroatoms. The lowest BCUT2D eigenvalue weighted by atomic mass is 10.2. The Morgan fingerprint density at radius 3 is 2.55 bits per heavy atom. The van der Waals surface area contributed by atoms with Gasteiger partial charge in [-0.25, -0.2) is 5.43 Å². The maximum Gasteiger partial charge on any atom is 0.329 e. The van der Waals surface area contributed by atoms with Gasteiger partial charge in [-0.15, -0.1) is 0 Å². The molecule has 0 saturated heterocycles. The number of benzene rings is 2. The summed E-state index contributed by atoms with van der Waals surface area (Å²) in [6, 6.07) is 10.2. The van der Waals surface area contributed by atoms with Crippen molar-refractivity contribution >= 4 is 41.2 Å². The first-order valence-electron chi connectivity index (χ1n) is 10.4. The molecule has 2 aromatic rings. The van der Waals surface area contributed by atoms with Gasteiger partial charge in [0.25, 0.3) is 5.91 Å². The van der Waals surface area contributed by atoms with Crippen molar-refractivity contribution in [2.45, 2.75) is 27.2 Å². The summed E-state index contributed by atoms with van der Waals surface area (Å²) < 4.78 is 11.2. The molecule has 33 heavy (non-hydrogen) atoms. The molecule has 0 heterocycles. The van der Waals surface area contributed by atoms with Gasteiger partial charge in [0.2, 0.25) is 0 Å². The number of ether oxygens (including phenoxy) is 2. The Kier molecular flexibility index (Phi) is 10.2. The van der Waals surface area contributed by atoms with E-state index in [-0.39, 0.29) is 12.5 Å². The molecule has 0 aliphatic heterocycles. The minimum absolute atomic E-state index is 0.234. The number of anilines is 1. The Labute approximate surface area is 197 Å². The van der Waals surface area contributed by atoms with Gasteiger partial charge in [-0.2, -0.15) is 5.10 Å². The lowest BCUT2D eigenvalue weighted by molar-refractivity contribution is -0.139. The largest absolute Gasteiger partial charge is 0.490 e. The molecule has 0 unspecified atom stereocenters. The van der Waals surface area contributed by atoms with Gasteiger partial charge in [0.1, 0.15) is 0 Å². The van der Waals surface area contributed by atoms with E-state index in [1.807, 2.05) is 26.8 Å². The summed E-state index contributed by atoms with van der Waals surface area (Å²) in [5, 5.41) is 9.52. The molecule has 0 aliphatic carbocycles. The molecule has 3 N–H and O–H groups in total. The first-order valence-corrected chi connectivity index (χ1v) is 10.8. The second-order valence-electron chi connectivity index (χ2n) is 6.89. The molecule has 3 amide bonds. The van der Waals surface area contributed by atoms with Crippen molar-refractivity contribution in [3.05, 3.63) is 52.5 Å². The van der Waals surface area contributed by atoms with E-state index >= 15 is 0 Å². The third kappa shape index (κ3) is 8.46. The van der Waals surface area contributed by atoms with Crippen molar-refractivity contribution in [1.82, 2.24) is 10.7 Å². The molecule has 0 spiro atoms. The lowest BCUT2D eigenvalue weighted by Gasteiger charge is -2.13. The van der Waals surface area contributed by atoms with E-state index in [1.165, 1.54) is 6.21 Å². The summed E-state index contributed by atoms with van der Waals surface area (Å²) in [5.41, 5.74) is 4.24. The smallest absolute Gasteiger partial charge is 0.329 e. The molecule has 0 radical (unpaired) electrons. The van der Waals surface area contributed by atoms with E-state index in [0.717, 1.165) is 12.0 Å². The molecule has 2 aromatic carbocycles. The Hall–Kier alpha value is -3.59. The fraction of sp³-hybridized carbons (Fsp3) is 0.304. The molecule has 0 aromatic heterocycles. The third-order valence-electron chi connectivity index (χ3n) is 4.22. The van der Waals surface area contributed by atoms with E-state index in [1.54, 1.807) is 30.3 Å². The second-order valence-corrected chi connectivity index (χ2v) is 7.33. The highest BCUT2D eigenvalue weighted by molar-refractivity contribution is 6.35. The van der Waals surface area contributed by atoms with Crippen molar-refractivity contribution < 1.29 is 23.9 Å². The number of halogens is 1. The number of nitrogens with zero attached hydrogens (tertiary/aromatic N) is 1. The van der Waals surface area contributed by atoms with Crippen LogP contribution in [0.25, 0.3) is 0 Å². The van der Waals surface area contributed by atoms with Gasteiger partial charge in [0.05, 0.1) is 12.8 Å². The highest BCUT2D eigenvalue weighted by Gasteiger charge is 2.12. The minimum atomic E-state index is -0.856. The van der Waals surface area contributed by atoms with Gasteiger partial charge in [0.15, 0.2) is 18.1 Å². The molecule has 176 valence electrons. The number of nitrogens with one attached hydrogen (secondary N) is 3. The number of hydrogen-bond donors (Lipinski definition) is 3. The number of amides is 3. The molecule has 0 aliphatic rings. The summed E-state index contributed by atoms with van der Waals surface area (Å²) in [7, 11) is 0. The highest BCUT2D eigenvalue weighted by atomic mass is 35.5. The van der Waals surface area contributed by atoms with Crippen molar-refractivity contribution in [2.75, 3.05) is 25.1 Å². The number of carbonyl (C=O) groups is 3. The van der Waals surface area contributed by atoms with Gasteiger partial charge in [-0.05, 0) is 61.7 Å². The van der Waals surface area contributed by atoms with Gasteiger partial charge in [-0.3, -0.25) is 14.4 Å². The minimum Gasteiger partial charge on any atom is -0.490 e. The molecule has 0 saturated carbocycles. The molecule has 0 atom stereocenters. The zero-order chi connectivity index (χ0) is 24.2. The molecule has 0 fully saturated rings. The number of rotatable bonds is 10. The maximum atomic E-state index is 12.3. The predicted octanol–water partition coefficient (Wildman–Crippen LogP) is 3.04. The zero-order valence-corrected chi connectivity index (χ0v) is 19.5. The van der Waals surface area contributed by atoms with E-state index in [4.69, 9.17) is 21.1 Å². The first-order chi connectivity index (χ1) is 15.8. The van der Waals surface area contributed by atoms with Crippen molar-refractivity contribution in [3.8, 4) is 11.5 Å². The fourth-order valence-corrected chi connectivity index (χ4v) is 2.76. The summed E-state index contributed by atoms with van der Waals surface area (Å²) >= 11 is 5.98. The van der Waals surface area contributed by atoms with Crippen LogP contribution in [0.4, 0.5) is 5.69 Å². The number of hydrogen-bond acceptors (Lipinski definition) is 6. The van der Waals surface area contributed by atoms with Crippen LogP contribution in [0.3, 0.4) is 0 Å². The van der Waals surface area contributed by atoms with Crippen LogP contribution in [0.5, 0.6) is 11.5 Å². The normalized spacial score (nSPS) is 10.5. The van der Waals surface area contributed by atoms with E-state index in [0.29, 0.717) is 40.9 Å². The van der Waals surface area contributed by atoms with Crippen molar-refractivity contribution in [2.24, 2.45) is 5.10 Å². The van der Waals surface area contributed by atoms with Crippen LogP contribution in [-0.2, 0) is 14.4 Å². The third-order valence-corrected chi connectivity index (χ3v) is 4.46. The Bertz CT molecular complexity index is 1030. The zero-order valence-electron chi connectivity index (χ0n) is 18.7. The van der Waals surface area contributed by atoms with Crippen LogP contribution in [-0.4, -0.2) is 43.7 Å². The van der Waals surface area contributed by atoms with E-state index in [9.17, 15) is 14.4 Å². The van der Waals surface area contributed by atoms with Crippen molar-refractivity contribution in [1.29, 1.82) is 0 Å². The molecule has 0 bridgehead atoms. The van der Waals surface area contributed by atoms with Gasteiger partial charge >= 0.3 is 11.8 Å². The average molecular weight is 475 g/mol. The topological polar surface area (TPSA) is 118 Å². The van der Waals surface area contributed by atoms with Crippen molar-refractivity contribution in [3.63, 3.8) is 0 Å². The van der Waals surface area contributed by atoms with E-state index in [2.05, 4.69) is 21.2 Å². The standard InChI is InChI=1S/C23H27ClN4O5/c1-4-10-25-22(30)23(31)28-26-13-16-7-9-19(20(11-16)32-5-2)33-14-21(29)27-18-12-17(24)8-6-15(18)3/h6-9,11-13H,4-5,10,14H2,1-3H3,(H,25,30)(H,27,29)(H,28,31)/b26-13-. The Balaban J connectivity index is 1.98. The van der Waals surface area contributed by atoms with Crippen LogP contribution in [0.1, 0.15) is 31.4 Å². The quantitative estimate of drug-likeness (QED) is 0.278. The lowest BCUT2D eigenvalue weighted by Crippen LogP contribution is -2.38. The molecular weight excluding hydrogens is 448 g/mol. The molecule has 9 nitrogen and oxygen atoms in total. The van der Waals surface area contributed by atoms with Gasteiger partial charge in [0, 0.05) is 17.3 Å².